The van der Waals surface area contributed by atoms with Crippen LogP contribution in [0.2, 0.25) is 0 Å². The van der Waals surface area contributed by atoms with Crippen LogP contribution in [0.15, 0.2) is 29.3 Å². The van der Waals surface area contributed by atoms with Crippen LogP contribution >= 0.6 is 24.0 Å². The molecule has 5 heteroatoms. The summed E-state index contributed by atoms with van der Waals surface area (Å²) in [6.07, 6.45) is 0. The third-order valence-corrected chi connectivity index (χ3v) is 2.11. The van der Waals surface area contributed by atoms with E-state index in [-0.39, 0.29) is 24.0 Å². The maximum Gasteiger partial charge on any atom is 0.190 e. The molecule has 0 fully saturated rings. The Kier molecular flexibility index (Phi) is 7.69. The molecule has 0 aliphatic rings. The number of nitrogens with zero attached hydrogens (tertiary/aromatic N) is 2. The number of hydrogen-bond acceptors (Lipinski definition) is 2. The van der Waals surface area contributed by atoms with Gasteiger partial charge in [0, 0.05) is 14.1 Å². The standard InChI is InChI=1S/C12H19N3O.HI/c1-10-4-6-11(7-5-10)16-9-8-14-12(13)15(2)3;/h4-7H,8-9H2,1-3H3,(H2,13,14);1H. The Morgan fingerprint density at radius 3 is 2.41 bits per heavy atom. The van der Waals surface area contributed by atoms with E-state index in [9.17, 15) is 0 Å². The average molecular weight is 349 g/mol. The molecule has 4 nitrogen and oxygen atoms in total. The molecule has 1 aromatic rings. The normalized spacial score (nSPS) is 10.6. The molecule has 0 aromatic heterocycles. The molecule has 0 amide bonds. The maximum atomic E-state index is 5.64. The molecule has 0 atom stereocenters. The van der Waals surface area contributed by atoms with Gasteiger partial charge in [0.15, 0.2) is 5.96 Å². The fourth-order valence-electron chi connectivity index (χ4n) is 1.10. The molecule has 0 aliphatic carbocycles. The van der Waals surface area contributed by atoms with Gasteiger partial charge in [0.25, 0.3) is 0 Å². The summed E-state index contributed by atoms with van der Waals surface area (Å²) < 4.78 is 5.51. The molecule has 0 radical (unpaired) electrons. The van der Waals surface area contributed by atoms with Crippen LogP contribution in [0.1, 0.15) is 5.56 Å². The molecule has 0 aliphatic heterocycles. The number of halogens is 1. The highest BCUT2D eigenvalue weighted by Crippen LogP contribution is 2.10. The van der Waals surface area contributed by atoms with E-state index in [2.05, 4.69) is 4.99 Å². The van der Waals surface area contributed by atoms with Crippen LogP contribution in [0.4, 0.5) is 0 Å². The van der Waals surface area contributed by atoms with Crippen molar-refractivity contribution in [1.82, 2.24) is 4.90 Å². The predicted octanol–water partition coefficient (Wildman–Crippen LogP) is 1.87. The second kappa shape index (κ2) is 8.16. The Morgan fingerprint density at radius 2 is 1.88 bits per heavy atom. The molecule has 1 aromatic carbocycles. The molecule has 0 saturated carbocycles. The van der Waals surface area contributed by atoms with Crippen LogP contribution in [0.3, 0.4) is 0 Å². The molecule has 0 saturated heterocycles. The first kappa shape index (κ1) is 16.0. The van der Waals surface area contributed by atoms with Gasteiger partial charge in [0.1, 0.15) is 12.4 Å². The van der Waals surface area contributed by atoms with Crippen LogP contribution in [0.25, 0.3) is 0 Å². The highest BCUT2D eigenvalue weighted by atomic mass is 127. The molecule has 96 valence electrons. The number of aliphatic imine (C=N–C) groups is 1. The number of hydrogen-bond donors (Lipinski definition) is 1. The smallest absolute Gasteiger partial charge is 0.190 e. The molecule has 0 bridgehead atoms. The lowest BCUT2D eigenvalue weighted by molar-refractivity contribution is 0.328. The summed E-state index contributed by atoms with van der Waals surface area (Å²) in [5.41, 5.74) is 6.86. The van der Waals surface area contributed by atoms with E-state index in [4.69, 9.17) is 10.5 Å². The molecule has 0 unspecified atom stereocenters. The Labute approximate surface area is 120 Å². The number of aryl methyl sites for hydroxylation is 1. The van der Waals surface area contributed by atoms with Crippen LogP contribution in [-0.2, 0) is 0 Å². The first-order valence-corrected chi connectivity index (χ1v) is 5.26. The minimum atomic E-state index is 0. The Morgan fingerprint density at radius 1 is 1.29 bits per heavy atom. The summed E-state index contributed by atoms with van der Waals surface area (Å²) in [7, 11) is 3.72. The van der Waals surface area contributed by atoms with Crippen molar-refractivity contribution < 1.29 is 4.74 Å². The van der Waals surface area contributed by atoms with Crippen LogP contribution in [0, 0.1) is 6.92 Å². The van der Waals surface area contributed by atoms with Crippen molar-refractivity contribution in [2.24, 2.45) is 10.7 Å². The zero-order valence-electron chi connectivity index (χ0n) is 10.5. The van der Waals surface area contributed by atoms with Crippen LogP contribution in [-0.4, -0.2) is 38.1 Å². The van der Waals surface area contributed by atoms with Crippen molar-refractivity contribution >= 4 is 29.9 Å². The SMILES string of the molecule is Cc1ccc(OCCN=C(N)N(C)C)cc1.I. The van der Waals surface area contributed by atoms with E-state index in [1.54, 1.807) is 4.90 Å². The summed E-state index contributed by atoms with van der Waals surface area (Å²) in [6, 6.07) is 7.95. The number of rotatable bonds is 4. The van der Waals surface area contributed by atoms with Gasteiger partial charge in [-0.25, -0.2) is 4.99 Å². The van der Waals surface area contributed by atoms with Crippen molar-refractivity contribution in [3.8, 4) is 5.75 Å². The van der Waals surface area contributed by atoms with Gasteiger partial charge in [-0.3, -0.25) is 0 Å². The molecule has 2 N–H and O–H groups in total. The summed E-state index contributed by atoms with van der Waals surface area (Å²) >= 11 is 0. The second-order valence-electron chi connectivity index (χ2n) is 3.80. The van der Waals surface area contributed by atoms with Crippen molar-refractivity contribution in [1.29, 1.82) is 0 Å². The quantitative estimate of drug-likeness (QED) is 0.391. The minimum Gasteiger partial charge on any atom is -0.492 e. The van der Waals surface area contributed by atoms with Crippen LogP contribution < -0.4 is 10.5 Å². The largest absolute Gasteiger partial charge is 0.492 e. The number of benzene rings is 1. The lowest BCUT2D eigenvalue weighted by atomic mass is 10.2. The lowest BCUT2D eigenvalue weighted by Gasteiger charge is -2.10. The molecule has 0 spiro atoms. The van der Waals surface area contributed by atoms with Gasteiger partial charge in [-0.2, -0.15) is 0 Å². The maximum absolute atomic E-state index is 5.64. The zero-order valence-corrected chi connectivity index (χ0v) is 12.8. The monoisotopic (exact) mass is 349 g/mol. The van der Waals surface area contributed by atoms with Gasteiger partial charge < -0.3 is 15.4 Å². The highest BCUT2D eigenvalue weighted by Gasteiger charge is 1.94. The summed E-state index contributed by atoms with van der Waals surface area (Å²) in [5, 5.41) is 0. The summed E-state index contributed by atoms with van der Waals surface area (Å²) in [4.78, 5) is 5.92. The molecular formula is C12H20IN3O. The van der Waals surface area contributed by atoms with Gasteiger partial charge in [0.2, 0.25) is 0 Å². The Balaban J connectivity index is 0.00000256. The zero-order chi connectivity index (χ0) is 12.0. The van der Waals surface area contributed by atoms with Gasteiger partial charge in [-0.05, 0) is 19.1 Å². The average Bonchev–Trinajstić information content (AvgIpc) is 2.26. The van der Waals surface area contributed by atoms with Gasteiger partial charge in [-0.1, -0.05) is 17.7 Å². The predicted molar refractivity (Wildman–Crippen MR) is 82.3 cm³/mol. The summed E-state index contributed by atoms with van der Waals surface area (Å²) in [5.74, 6) is 1.39. The number of guanidine groups is 1. The topological polar surface area (TPSA) is 50.9 Å². The van der Waals surface area contributed by atoms with Crippen molar-refractivity contribution in [3.63, 3.8) is 0 Å². The third-order valence-electron chi connectivity index (χ3n) is 2.11. The van der Waals surface area contributed by atoms with E-state index in [1.807, 2.05) is 45.3 Å². The van der Waals surface area contributed by atoms with E-state index in [1.165, 1.54) is 5.56 Å². The fourth-order valence-corrected chi connectivity index (χ4v) is 1.10. The minimum absolute atomic E-state index is 0. The van der Waals surface area contributed by atoms with Gasteiger partial charge in [0.05, 0.1) is 6.54 Å². The molecule has 1 rings (SSSR count). The first-order valence-electron chi connectivity index (χ1n) is 5.26. The Bertz CT molecular complexity index is 349. The fraction of sp³-hybridized carbons (Fsp3) is 0.417. The van der Waals surface area contributed by atoms with Gasteiger partial charge in [-0.15, -0.1) is 24.0 Å². The highest BCUT2D eigenvalue weighted by molar-refractivity contribution is 14.0. The van der Waals surface area contributed by atoms with Crippen LogP contribution in [0.5, 0.6) is 5.75 Å². The Hall–Kier alpha value is -0.980. The van der Waals surface area contributed by atoms with E-state index >= 15 is 0 Å². The lowest BCUT2D eigenvalue weighted by Crippen LogP contribution is -2.30. The van der Waals surface area contributed by atoms with Gasteiger partial charge >= 0.3 is 0 Å². The van der Waals surface area contributed by atoms with E-state index < -0.39 is 0 Å². The van der Waals surface area contributed by atoms with E-state index in [0.717, 1.165) is 5.75 Å². The molecule has 17 heavy (non-hydrogen) atoms. The first-order chi connectivity index (χ1) is 7.59. The third kappa shape index (κ3) is 6.35. The second-order valence-corrected chi connectivity index (χ2v) is 3.80. The van der Waals surface area contributed by atoms with E-state index in [0.29, 0.717) is 19.1 Å². The number of ether oxygens (including phenoxy) is 1. The van der Waals surface area contributed by atoms with Crippen molar-refractivity contribution in [2.45, 2.75) is 6.92 Å². The van der Waals surface area contributed by atoms with Crippen molar-refractivity contribution in [2.75, 3.05) is 27.2 Å². The summed E-state index contributed by atoms with van der Waals surface area (Å²) in [6.45, 7) is 3.15. The molecular weight excluding hydrogens is 329 g/mol. The van der Waals surface area contributed by atoms with Crippen molar-refractivity contribution in [3.05, 3.63) is 29.8 Å². The molecule has 0 heterocycles. The number of nitrogens with two attached hydrogens (primary N) is 1.